The maximum absolute atomic E-state index is 10.3. The Bertz CT molecular complexity index is 377. The van der Waals surface area contributed by atoms with Gasteiger partial charge in [-0.25, -0.2) is 4.21 Å². The van der Waals surface area contributed by atoms with Crippen LogP contribution in [0.4, 0.5) is 5.69 Å². The molecule has 7 heteroatoms. The zero-order valence-corrected chi connectivity index (χ0v) is 8.60. The first-order valence-corrected chi connectivity index (χ1v) is 5.01. The van der Waals surface area contributed by atoms with Crippen molar-refractivity contribution in [3.8, 4) is 0 Å². The zero-order chi connectivity index (χ0) is 11.4. The lowest BCUT2D eigenvalue weighted by Gasteiger charge is -2.13. The molecule has 0 spiro atoms. The van der Waals surface area contributed by atoms with Crippen molar-refractivity contribution in [2.45, 2.75) is 13.0 Å². The van der Waals surface area contributed by atoms with E-state index in [1.165, 1.54) is 31.2 Å². The number of rotatable bonds is 4. The van der Waals surface area contributed by atoms with Crippen LogP contribution < -0.4 is 0 Å². The number of nitrogens with zero attached hydrogens (tertiary/aromatic N) is 1. The molecule has 82 valence electrons. The molecular weight excluding hydrogens is 222 g/mol. The normalized spacial score (nSPS) is 14.5. The molecular formula is C8H8NO5S-. The summed E-state index contributed by atoms with van der Waals surface area (Å²) in [7, 11) is 0. The van der Waals surface area contributed by atoms with Crippen LogP contribution in [0.3, 0.4) is 0 Å². The molecule has 0 bridgehead atoms. The van der Waals surface area contributed by atoms with E-state index in [-0.39, 0.29) is 5.69 Å². The van der Waals surface area contributed by atoms with Crippen molar-refractivity contribution in [2.24, 2.45) is 0 Å². The highest BCUT2D eigenvalue weighted by molar-refractivity contribution is 7.74. The monoisotopic (exact) mass is 230 g/mol. The Morgan fingerprint density at radius 3 is 2.33 bits per heavy atom. The lowest BCUT2D eigenvalue weighted by Crippen LogP contribution is -2.02. The highest BCUT2D eigenvalue weighted by Gasteiger charge is 2.09. The van der Waals surface area contributed by atoms with E-state index in [4.69, 9.17) is 0 Å². The summed E-state index contributed by atoms with van der Waals surface area (Å²) >= 11 is -2.59. The summed E-state index contributed by atoms with van der Waals surface area (Å²) in [5, 5.41) is 10.3. The summed E-state index contributed by atoms with van der Waals surface area (Å²) in [4.78, 5) is 9.81. The first-order chi connectivity index (χ1) is 7.00. The van der Waals surface area contributed by atoms with Crippen molar-refractivity contribution in [3.05, 3.63) is 39.9 Å². The highest BCUT2D eigenvalue weighted by atomic mass is 32.2. The van der Waals surface area contributed by atoms with Gasteiger partial charge in [-0.3, -0.25) is 14.3 Å². The first-order valence-electron chi connectivity index (χ1n) is 4.01. The van der Waals surface area contributed by atoms with E-state index in [0.29, 0.717) is 5.56 Å². The molecule has 0 heterocycles. The molecule has 0 amide bonds. The standard InChI is InChI=1S/C8H9NO5S/c1-6(14-15(12)13)7-2-4-8(5-3-7)9(10)11/h2-6H,1H3,(H,12,13)/p-1. The third kappa shape index (κ3) is 3.39. The molecule has 0 saturated carbocycles. The minimum atomic E-state index is -2.59. The highest BCUT2D eigenvalue weighted by Crippen LogP contribution is 2.20. The van der Waals surface area contributed by atoms with Gasteiger partial charge in [0.1, 0.15) is 0 Å². The maximum atomic E-state index is 10.3. The molecule has 0 aromatic heterocycles. The minimum Gasteiger partial charge on any atom is -0.750 e. The van der Waals surface area contributed by atoms with Crippen molar-refractivity contribution in [2.75, 3.05) is 0 Å². The van der Waals surface area contributed by atoms with Crippen LogP contribution in [0.2, 0.25) is 0 Å². The molecule has 0 fully saturated rings. The van der Waals surface area contributed by atoms with Crippen molar-refractivity contribution < 1.29 is 17.9 Å². The van der Waals surface area contributed by atoms with Crippen molar-refractivity contribution in [3.63, 3.8) is 0 Å². The lowest BCUT2D eigenvalue weighted by atomic mass is 10.1. The van der Waals surface area contributed by atoms with Crippen LogP contribution in [-0.2, 0) is 15.5 Å². The van der Waals surface area contributed by atoms with Crippen molar-refractivity contribution >= 4 is 17.0 Å². The Balaban J connectivity index is 2.79. The molecule has 1 aromatic rings. The quantitative estimate of drug-likeness (QED) is 0.443. The second kappa shape index (κ2) is 4.96. The second-order valence-electron chi connectivity index (χ2n) is 2.79. The Labute approximate surface area is 88.5 Å². The summed E-state index contributed by atoms with van der Waals surface area (Å²) in [6, 6.07) is 5.50. The molecule has 0 saturated heterocycles. The van der Waals surface area contributed by atoms with Gasteiger partial charge in [-0.2, -0.15) is 0 Å². The summed E-state index contributed by atoms with van der Waals surface area (Å²) < 4.78 is 24.9. The molecule has 2 atom stereocenters. The Morgan fingerprint density at radius 1 is 1.40 bits per heavy atom. The van der Waals surface area contributed by atoms with Gasteiger partial charge in [-0.05, 0) is 24.6 Å². The molecule has 0 aliphatic carbocycles. The number of non-ortho nitro benzene ring substituents is 1. The summed E-state index contributed by atoms with van der Waals surface area (Å²) in [5.41, 5.74) is 0.513. The molecule has 2 unspecified atom stereocenters. The fourth-order valence-electron chi connectivity index (χ4n) is 1.04. The lowest BCUT2D eigenvalue weighted by molar-refractivity contribution is -0.384. The predicted octanol–water partition coefficient (Wildman–Crippen LogP) is 1.47. The molecule has 0 aliphatic heterocycles. The van der Waals surface area contributed by atoms with E-state index >= 15 is 0 Å². The summed E-state index contributed by atoms with van der Waals surface area (Å²) in [6.45, 7) is 1.54. The topological polar surface area (TPSA) is 92.5 Å². The van der Waals surface area contributed by atoms with Crippen LogP contribution in [0.25, 0.3) is 0 Å². The largest absolute Gasteiger partial charge is 0.750 e. The van der Waals surface area contributed by atoms with Gasteiger partial charge in [0.15, 0.2) is 0 Å². The van der Waals surface area contributed by atoms with E-state index in [0.717, 1.165) is 0 Å². The van der Waals surface area contributed by atoms with Crippen LogP contribution in [0.5, 0.6) is 0 Å². The molecule has 6 nitrogen and oxygen atoms in total. The second-order valence-corrected chi connectivity index (χ2v) is 3.39. The molecule has 1 rings (SSSR count). The fraction of sp³-hybridized carbons (Fsp3) is 0.250. The number of nitro groups is 1. The van der Waals surface area contributed by atoms with Crippen LogP contribution in [0.15, 0.2) is 24.3 Å². The smallest absolute Gasteiger partial charge is 0.269 e. The van der Waals surface area contributed by atoms with Gasteiger partial charge < -0.3 is 4.55 Å². The van der Waals surface area contributed by atoms with Gasteiger partial charge in [-0.1, -0.05) is 0 Å². The van der Waals surface area contributed by atoms with Gasteiger partial charge in [-0.15, -0.1) is 0 Å². The first kappa shape index (κ1) is 11.8. The van der Waals surface area contributed by atoms with E-state index in [1.807, 2.05) is 0 Å². The number of hydrogen-bond donors (Lipinski definition) is 0. The zero-order valence-electron chi connectivity index (χ0n) is 7.78. The fourth-order valence-corrected chi connectivity index (χ4v) is 1.39. The number of hydrogen-bond acceptors (Lipinski definition) is 5. The molecule has 0 aliphatic rings. The average Bonchev–Trinajstić information content (AvgIpc) is 2.17. The van der Waals surface area contributed by atoms with Crippen LogP contribution in [-0.4, -0.2) is 13.7 Å². The van der Waals surface area contributed by atoms with Gasteiger partial charge in [0.25, 0.3) is 5.69 Å². The van der Waals surface area contributed by atoms with Crippen molar-refractivity contribution in [1.29, 1.82) is 0 Å². The van der Waals surface area contributed by atoms with Gasteiger partial charge in [0.05, 0.1) is 22.4 Å². The number of nitro benzene ring substituents is 1. The van der Waals surface area contributed by atoms with E-state index in [9.17, 15) is 18.9 Å². The van der Waals surface area contributed by atoms with Gasteiger partial charge in [0, 0.05) is 12.1 Å². The minimum absolute atomic E-state index is 0.0470. The Morgan fingerprint density at radius 2 is 1.93 bits per heavy atom. The molecule has 1 aromatic carbocycles. The van der Waals surface area contributed by atoms with E-state index in [2.05, 4.69) is 4.18 Å². The molecule has 0 N–H and O–H groups in total. The Kier molecular flexibility index (Phi) is 3.89. The Hall–Kier alpha value is -1.31. The maximum Gasteiger partial charge on any atom is 0.269 e. The van der Waals surface area contributed by atoms with E-state index in [1.54, 1.807) is 0 Å². The van der Waals surface area contributed by atoms with Crippen LogP contribution >= 0.6 is 0 Å². The average molecular weight is 230 g/mol. The third-order valence-electron chi connectivity index (χ3n) is 1.80. The van der Waals surface area contributed by atoms with Gasteiger partial charge in [0.2, 0.25) is 0 Å². The van der Waals surface area contributed by atoms with Gasteiger partial charge >= 0.3 is 0 Å². The SMILES string of the molecule is CC(OS(=O)[O-])c1ccc([N+](=O)[O-])cc1. The van der Waals surface area contributed by atoms with Crippen molar-refractivity contribution in [1.82, 2.24) is 0 Å². The molecule has 0 radical (unpaired) electrons. The summed E-state index contributed by atoms with van der Waals surface area (Å²) in [6.07, 6.45) is -0.649. The van der Waals surface area contributed by atoms with Crippen LogP contribution in [0.1, 0.15) is 18.6 Å². The van der Waals surface area contributed by atoms with E-state index < -0.39 is 22.4 Å². The third-order valence-corrected chi connectivity index (χ3v) is 2.24. The predicted molar refractivity (Wildman–Crippen MR) is 51.5 cm³/mol. The molecule has 15 heavy (non-hydrogen) atoms. The summed E-state index contributed by atoms with van der Waals surface area (Å²) in [5.74, 6) is 0. The number of benzene rings is 1. The van der Waals surface area contributed by atoms with Crippen LogP contribution in [0, 0.1) is 10.1 Å².